The molecular formula is C22H16F2. The minimum Gasteiger partial charge on any atom is -0.207 e. The van der Waals surface area contributed by atoms with Crippen molar-refractivity contribution in [3.63, 3.8) is 0 Å². The van der Waals surface area contributed by atoms with Crippen LogP contribution in [0.3, 0.4) is 0 Å². The van der Waals surface area contributed by atoms with Crippen molar-refractivity contribution in [1.82, 2.24) is 0 Å². The van der Waals surface area contributed by atoms with Crippen molar-refractivity contribution in [1.29, 1.82) is 0 Å². The molecule has 118 valence electrons. The first-order valence-corrected chi connectivity index (χ1v) is 7.66. The second kappa shape index (κ2) is 7.51. The second-order valence-electron chi connectivity index (χ2n) is 5.44. The van der Waals surface area contributed by atoms with E-state index in [1.54, 1.807) is 24.3 Å². The van der Waals surface area contributed by atoms with Gasteiger partial charge in [0, 0.05) is 0 Å². The molecule has 3 aromatic carbocycles. The summed E-state index contributed by atoms with van der Waals surface area (Å²) < 4.78 is 25.7. The van der Waals surface area contributed by atoms with Crippen LogP contribution in [0.4, 0.5) is 8.78 Å². The molecule has 0 atom stereocenters. The van der Waals surface area contributed by atoms with Gasteiger partial charge >= 0.3 is 0 Å². The van der Waals surface area contributed by atoms with Crippen LogP contribution in [0.1, 0.15) is 22.3 Å². The van der Waals surface area contributed by atoms with Gasteiger partial charge in [-0.1, -0.05) is 72.8 Å². The van der Waals surface area contributed by atoms with Crippen LogP contribution in [0, 0.1) is 11.6 Å². The van der Waals surface area contributed by atoms with Gasteiger partial charge in [-0.15, -0.1) is 0 Å². The molecule has 0 amide bonds. The van der Waals surface area contributed by atoms with Crippen molar-refractivity contribution < 1.29 is 8.78 Å². The molecule has 24 heavy (non-hydrogen) atoms. The third-order valence-electron chi connectivity index (χ3n) is 3.61. The number of rotatable bonds is 4. The SMILES string of the molecule is Fc1ccc(C=Cc2ccc(C=Cc3ccc(F)cc3)cc2)cc1. The molecule has 0 saturated carbocycles. The van der Waals surface area contributed by atoms with Gasteiger partial charge in [0.1, 0.15) is 11.6 Å². The van der Waals surface area contributed by atoms with Gasteiger partial charge in [-0.3, -0.25) is 0 Å². The van der Waals surface area contributed by atoms with Crippen molar-refractivity contribution in [3.05, 3.63) is 107 Å². The summed E-state index contributed by atoms with van der Waals surface area (Å²) in [5.74, 6) is -0.464. The molecule has 0 aliphatic heterocycles. The van der Waals surface area contributed by atoms with E-state index in [4.69, 9.17) is 0 Å². The zero-order valence-corrected chi connectivity index (χ0v) is 13.0. The van der Waals surface area contributed by atoms with Crippen LogP contribution in [-0.2, 0) is 0 Å². The summed E-state index contributed by atoms with van der Waals surface area (Å²) in [6.07, 6.45) is 7.87. The van der Waals surface area contributed by atoms with Gasteiger partial charge in [0.05, 0.1) is 0 Å². The zero-order valence-electron chi connectivity index (χ0n) is 13.0. The Hall–Kier alpha value is -3.00. The number of benzene rings is 3. The van der Waals surface area contributed by atoms with E-state index >= 15 is 0 Å². The lowest BCUT2D eigenvalue weighted by atomic mass is 10.1. The topological polar surface area (TPSA) is 0 Å². The maximum absolute atomic E-state index is 12.9. The van der Waals surface area contributed by atoms with Crippen LogP contribution >= 0.6 is 0 Å². The van der Waals surface area contributed by atoms with Gasteiger partial charge in [-0.2, -0.15) is 0 Å². The first-order valence-electron chi connectivity index (χ1n) is 7.66. The Bertz CT molecular complexity index is 765. The van der Waals surface area contributed by atoms with E-state index in [9.17, 15) is 8.78 Å². The predicted octanol–water partition coefficient (Wildman–Crippen LogP) is 6.31. The molecule has 0 fully saturated rings. The Morgan fingerprint density at radius 1 is 0.375 bits per heavy atom. The number of halogens is 2. The maximum Gasteiger partial charge on any atom is 0.123 e. The summed E-state index contributed by atoms with van der Waals surface area (Å²) in [5.41, 5.74) is 4.05. The molecule has 2 heteroatoms. The summed E-state index contributed by atoms with van der Waals surface area (Å²) in [5, 5.41) is 0. The molecule has 0 N–H and O–H groups in total. The van der Waals surface area contributed by atoms with Crippen molar-refractivity contribution in [2.24, 2.45) is 0 Å². The highest BCUT2D eigenvalue weighted by atomic mass is 19.1. The zero-order chi connectivity index (χ0) is 16.8. The molecule has 0 nitrogen and oxygen atoms in total. The van der Waals surface area contributed by atoms with Gasteiger partial charge in [0.25, 0.3) is 0 Å². The van der Waals surface area contributed by atoms with E-state index in [0.29, 0.717) is 0 Å². The van der Waals surface area contributed by atoms with Gasteiger partial charge < -0.3 is 0 Å². The third kappa shape index (κ3) is 4.50. The Kier molecular flexibility index (Phi) is 4.97. The first-order chi connectivity index (χ1) is 11.7. The largest absolute Gasteiger partial charge is 0.207 e. The fourth-order valence-corrected chi connectivity index (χ4v) is 2.25. The van der Waals surface area contributed by atoms with Crippen molar-refractivity contribution in [2.75, 3.05) is 0 Å². The van der Waals surface area contributed by atoms with Gasteiger partial charge in [0.15, 0.2) is 0 Å². The molecule has 3 aromatic rings. The highest BCUT2D eigenvalue weighted by Gasteiger charge is 1.92. The van der Waals surface area contributed by atoms with Crippen molar-refractivity contribution in [2.45, 2.75) is 0 Å². The second-order valence-corrected chi connectivity index (χ2v) is 5.44. The molecule has 0 saturated heterocycles. The molecule has 0 bridgehead atoms. The predicted molar refractivity (Wildman–Crippen MR) is 97.1 cm³/mol. The monoisotopic (exact) mass is 318 g/mol. The molecule has 0 aromatic heterocycles. The smallest absolute Gasteiger partial charge is 0.123 e. The molecule has 0 aliphatic rings. The van der Waals surface area contributed by atoms with Gasteiger partial charge in [-0.05, 0) is 46.5 Å². The lowest BCUT2D eigenvalue weighted by Crippen LogP contribution is -1.77. The highest BCUT2D eigenvalue weighted by molar-refractivity contribution is 5.72. The minimum atomic E-state index is -0.232. The summed E-state index contributed by atoms with van der Waals surface area (Å²) in [6, 6.07) is 20.8. The molecule has 0 spiro atoms. The Morgan fingerprint density at radius 2 is 0.583 bits per heavy atom. The summed E-state index contributed by atoms with van der Waals surface area (Å²) >= 11 is 0. The fourth-order valence-electron chi connectivity index (χ4n) is 2.25. The maximum atomic E-state index is 12.9. The van der Waals surface area contributed by atoms with E-state index in [2.05, 4.69) is 0 Å². The lowest BCUT2D eigenvalue weighted by molar-refractivity contribution is 0.627. The molecule has 0 heterocycles. The molecule has 3 rings (SSSR count). The van der Waals surface area contributed by atoms with E-state index in [1.807, 2.05) is 48.6 Å². The van der Waals surface area contributed by atoms with Gasteiger partial charge in [0.2, 0.25) is 0 Å². The van der Waals surface area contributed by atoms with Crippen LogP contribution in [0.5, 0.6) is 0 Å². The van der Waals surface area contributed by atoms with Crippen LogP contribution in [0.2, 0.25) is 0 Å². The average Bonchev–Trinajstić information content (AvgIpc) is 2.62. The molecular weight excluding hydrogens is 302 g/mol. The highest BCUT2D eigenvalue weighted by Crippen LogP contribution is 2.13. The first kappa shape index (κ1) is 15.9. The normalized spacial score (nSPS) is 11.4. The Labute approximate surface area is 140 Å². The number of hydrogen-bond acceptors (Lipinski definition) is 0. The molecule has 0 radical (unpaired) electrons. The van der Waals surface area contributed by atoms with Crippen LogP contribution in [0.25, 0.3) is 24.3 Å². The van der Waals surface area contributed by atoms with Gasteiger partial charge in [-0.25, -0.2) is 8.78 Å². The van der Waals surface area contributed by atoms with E-state index in [-0.39, 0.29) is 11.6 Å². The number of hydrogen-bond donors (Lipinski definition) is 0. The average molecular weight is 318 g/mol. The van der Waals surface area contributed by atoms with E-state index in [0.717, 1.165) is 22.3 Å². The Balaban J connectivity index is 1.66. The lowest BCUT2D eigenvalue weighted by Gasteiger charge is -1.98. The van der Waals surface area contributed by atoms with Crippen LogP contribution in [-0.4, -0.2) is 0 Å². The van der Waals surface area contributed by atoms with Crippen molar-refractivity contribution >= 4 is 24.3 Å². The van der Waals surface area contributed by atoms with E-state index in [1.165, 1.54) is 24.3 Å². The quantitative estimate of drug-likeness (QED) is 0.495. The summed E-state index contributed by atoms with van der Waals surface area (Å²) in [7, 11) is 0. The summed E-state index contributed by atoms with van der Waals surface area (Å²) in [6.45, 7) is 0. The fraction of sp³-hybridized carbons (Fsp3) is 0. The molecule has 0 unspecified atom stereocenters. The van der Waals surface area contributed by atoms with Crippen LogP contribution < -0.4 is 0 Å². The third-order valence-corrected chi connectivity index (χ3v) is 3.61. The standard InChI is InChI=1S/C22H16F2/c23-21-13-9-19(10-14-21)7-5-17-1-2-18(4-3-17)6-8-20-11-15-22(24)16-12-20/h1-16H. The summed E-state index contributed by atoms with van der Waals surface area (Å²) in [4.78, 5) is 0. The van der Waals surface area contributed by atoms with E-state index < -0.39 is 0 Å². The van der Waals surface area contributed by atoms with Crippen molar-refractivity contribution in [3.8, 4) is 0 Å². The molecule has 0 aliphatic carbocycles. The van der Waals surface area contributed by atoms with Crippen LogP contribution in [0.15, 0.2) is 72.8 Å². The Morgan fingerprint density at radius 3 is 0.833 bits per heavy atom. The minimum absolute atomic E-state index is 0.232.